The molecule has 3 rings (SSSR count). The summed E-state index contributed by atoms with van der Waals surface area (Å²) in [6.45, 7) is 7.66. The third kappa shape index (κ3) is 5.54. The maximum Gasteiger partial charge on any atom is 0.251 e. The second-order valence-electron chi connectivity index (χ2n) is 8.23. The zero-order valence-corrected chi connectivity index (χ0v) is 18.6. The molecule has 0 aromatic heterocycles. The Bertz CT molecular complexity index is 835. The highest BCUT2D eigenvalue weighted by molar-refractivity contribution is 5.94. The van der Waals surface area contributed by atoms with Crippen LogP contribution in [-0.2, 0) is 6.54 Å². The van der Waals surface area contributed by atoms with E-state index >= 15 is 0 Å². The molecule has 1 fully saturated rings. The van der Waals surface area contributed by atoms with Gasteiger partial charge >= 0.3 is 0 Å². The first-order valence-electron chi connectivity index (χ1n) is 10.9. The van der Waals surface area contributed by atoms with E-state index in [-0.39, 0.29) is 11.9 Å². The highest BCUT2D eigenvalue weighted by Crippen LogP contribution is 2.31. The Morgan fingerprint density at radius 3 is 2.50 bits per heavy atom. The molecule has 0 unspecified atom stereocenters. The van der Waals surface area contributed by atoms with Gasteiger partial charge in [0.05, 0.1) is 20.3 Å². The second-order valence-corrected chi connectivity index (χ2v) is 8.23. The number of benzene rings is 2. The number of carbonyl (C=O) groups is 1. The first-order chi connectivity index (χ1) is 14.5. The Hall–Kier alpha value is -2.53. The topological polar surface area (TPSA) is 50.8 Å². The van der Waals surface area contributed by atoms with E-state index in [0.29, 0.717) is 17.1 Å². The van der Waals surface area contributed by atoms with E-state index in [1.165, 1.54) is 18.4 Å². The number of carbonyl (C=O) groups excluding carboxylic acids is 1. The number of likely N-dealkylation sites (tertiary alicyclic amines) is 1. The van der Waals surface area contributed by atoms with Gasteiger partial charge in [-0.05, 0) is 67.1 Å². The van der Waals surface area contributed by atoms with Crippen LogP contribution in [0.5, 0.6) is 11.5 Å². The Labute approximate surface area is 180 Å². The number of ether oxygens (including phenoxy) is 2. The molecule has 162 valence electrons. The molecule has 1 aliphatic rings. The lowest BCUT2D eigenvalue weighted by Crippen LogP contribution is -2.33. The van der Waals surface area contributed by atoms with Crippen LogP contribution in [0, 0.1) is 5.92 Å². The van der Waals surface area contributed by atoms with Crippen molar-refractivity contribution in [2.24, 2.45) is 5.92 Å². The van der Waals surface area contributed by atoms with Gasteiger partial charge in [-0.25, -0.2) is 0 Å². The molecule has 1 amide bonds. The van der Waals surface area contributed by atoms with Crippen LogP contribution in [0.3, 0.4) is 0 Å². The summed E-state index contributed by atoms with van der Waals surface area (Å²) in [6.07, 6.45) is 3.39. The van der Waals surface area contributed by atoms with Gasteiger partial charge in [-0.3, -0.25) is 9.69 Å². The summed E-state index contributed by atoms with van der Waals surface area (Å²) in [4.78, 5) is 15.3. The Kier molecular flexibility index (Phi) is 7.75. The van der Waals surface area contributed by atoms with Crippen molar-refractivity contribution >= 4 is 5.91 Å². The molecule has 5 heteroatoms. The highest BCUT2D eigenvalue weighted by Gasteiger charge is 2.18. The van der Waals surface area contributed by atoms with E-state index in [1.54, 1.807) is 14.2 Å². The van der Waals surface area contributed by atoms with Crippen LogP contribution < -0.4 is 14.8 Å². The molecule has 2 aromatic carbocycles. The fourth-order valence-electron chi connectivity index (χ4n) is 4.18. The number of hydrogen-bond donors (Lipinski definition) is 1. The lowest BCUT2D eigenvalue weighted by molar-refractivity contribution is 0.0935. The first-order valence-corrected chi connectivity index (χ1v) is 10.9. The number of hydrogen-bond acceptors (Lipinski definition) is 4. The molecule has 2 aromatic rings. The second kappa shape index (κ2) is 10.5. The average Bonchev–Trinajstić information content (AvgIpc) is 2.77. The van der Waals surface area contributed by atoms with Crippen LogP contribution in [0.4, 0.5) is 0 Å². The highest BCUT2D eigenvalue weighted by atomic mass is 16.5. The molecular weight excluding hydrogens is 376 g/mol. The van der Waals surface area contributed by atoms with E-state index < -0.39 is 0 Å². The van der Waals surface area contributed by atoms with Gasteiger partial charge in [0.1, 0.15) is 0 Å². The molecule has 0 saturated carbocycles. The van der Waals surface area contributed by atoms with Crippen LogP contribution in [0.25, 0.3) is 0 Å². The predicted octanol–water partition coefficient (Wildman–Crippen LogP) is 4.82. The molecule has 0 bridgehead atoms. The standard InChI is InChI=1S/C25H34N2O3/c1-5-22(21-12-13-23(29-3)24(15-21)30-4)26-25(28)20-10-8-19(9-11-20)17-27-14-6-7-18(2)16-27/h8-13,15,18,22H,5-7,14,16-17H2,1-4H3,(H,26,28)/t18-,22+/m0/s1. The zero-order valence-electron chi connectivity index (χ0n) is 18.6. The van der Waals surface area contributed by atoms with E-state index in [4.69, 9.17) is 9.47 Å². The molecule has 2 atom stereocenters. The summed E-state index contributed by atoms with van der Waals surface area (Å²) in [6, 6.07) is 13.7. The summed E-state index contributed by atoms with van der Waals surface area (Å²) in [5.41, 5.74) is 2.94. The summed E-state index contributed by atoms with van der Waals surface area (Å²) in [7, 11) is 3.24. The molecule has 1 N–H and O–H groups in total. The molecule has 1 heterocycles. The van der Waals surface area contributed by atoms with Gasteiger partial charge in [-0.1, -0.05) is 32.0 Å². The minimum atomic E-state index is -0.0909. The molecule has 30 heavy (non-hydrogen) atoms. The minimum Gasteiger partial charge on any atom is -0.493 e. The molecule has 0 aliphatic carbocycles. The van der Waals surface area contributed by atoms with Crippen molar-refractivity contribution in [1.82, 2.24) is 10.2 Å². The van der Waals surface area contributed by atoms with Crippen molar-refractivity contribution in [2.75, 3.05) is 27.3 Å². The number of nitrogens with one attached hydrogen (secondary N) is 1. The Morgan fingerprint density at radius 2 is 1.87 bits per heavy atom. The van der Waals surface area contributed by atoms with Gasteiger partial charge in [0.15, 0.2) is 11.5 Å². The lowest BCUT2D eigenvalue weighted by atomic mass is 9.99. The van der Waals surface area contributed by atoms with Crippen LogP contribution in [-0.4, -0.2) is 38.1 Å². The van der Waals surface area contributed by atoms with Gasteiger partial charge < -0.3 is 14.8 Å². The van der Waals surface area contributed by atoms with Crippen LogP contribution in [0.15, 0.2) is 42.5 Å². The summed E-state index contributed by atoms with van der Waals surface area (Å²) in [5.74, 6) is 2.06. The molecule has 5 nitrogen and oxygen atoms in total. The van der Waals surface area contributed by atoms with E-state index in [1.807, 2.05) is 30.3 Å². The monoisotopic (exact) mass is 410 g/mol. The Morgan fingerprint density at radius 1 is 1.13 bits per heavy atom. The van der Waals surface area contributed by atoms with Gasteiger partial charge in [-0.15, -0.1) is 0 Å². The maximum atomic E-state index is 12.8. The van der Waals surface area contributed by atoms with E-state index in [2.05, 4.69) is 36.2 Å². The normalized spacial score (nSPS) is 17.9. The number of amides is 1. The van der Waals surface area contributed by atoms with Crippen LogP contribution in [0.1, 0.15) is 60.6 Å². The minimum absolute atomic E-state index is 0.0604. The fraction of sp³-hybridized carbons (Fsp3) is 0.480. The molecule has 0 radical (unpaired) electrons. The summed E-state index contributed by atoms with van der Waals surface area (Å²) >= 11 is 0. The molecule has 0 spiro atoms. The van der Waals surface area contributed by atoms with Crippen molar-refractivity contribution in [1.29, 1.82) is 0 Å². The Balaban J connectivity index is 1.64. The molecule has 1 aliphatic heterocycles. The third-order valence-corrected chi connectivity index (χ3v) is 5.89. The predicted molar refractivity (Wildman–Crippen MR) is 120 cm³/mol. The summed E-state index contributed by atoms with van der Waals surface area (Å²) in [5, 5.41) is 3.15. The number of piperidine rings is 1. The van der Waals surface area contributed by atoms with Gasteiger partial charge in [0.2, 0.25) is 0 Å². The van der Waals surface area contributed by atoms with E-state index in [9.17, 15) is 4.79 Å². The van der Waals surface area contributed by atoms with Crippen LogP contribution >= 0.6 is 0 Å². The van der Waals surface area contributed by atoms with Gasteiger partial charge in [-0.2, -0.15) is 0 Å². The van der Waals surface area contributed by atoms with Crippen molar-refractivity contribution < 1.29 is 14.3 Å². The first kappa shape index (κ1) is 22.2. The fourth-order valence-corrected chi connectivity index (χ4v) is 4.18. The quantitative estimate of drug-likeness (QED) is 0.678. The van der Waals surface area contributed by atoms with Gasteiger partial charge in [0, 0.05) is 18.7 Å². The zero-order chi connectivity index (χ0) is 21.5. The maximum absolute atomic E-state index is 12.8. The van der Waals surface area contributed by atoms with Crippen molar-refractivity contribution in [3.8, 4) is 11.5 Å². The van der Waals surface area contributed by atoms with Crippen molar-refractivity contribution in [3.63, 3.8) is 0 Å². The molecular formula is C25H34N2O3. The van der Waals surface area contributed by atoms with Crippen LogP contribution in [0.2, 0.25) is 0 Å². The lowest BCUT2D eigenvalue weighted by Gasteiger charge is -2.30. The number of nitrogens with zero attached hydrogens (tertiary/aromatic N) is 1. The summed E-state index contributed by atoms with van der Waals surface area (Å²) < 4.78 is 10.7. The van der Waals surface area contributed by atoms with Crippen molar-refractivity contribution in [3.05, 3.63) is 59.2 Å². The third-order valence-electron chi connectivity index (χ3n) is 5.89. The largest absolute Gasteiger partial charge is 0.493 e. The molecule has 1 saturated heterocycles. The smallest absolute Gasteiger partial charge is 0.251 e. The SMILES string of the molecule is CC[C@@H](NC(=O)c1ccc(CN2CCC[C@H](C)C2)cc1)c1ccc(OC)c(OC)c1. The van der Waals surface area contributed by atoms with Gasteiger partial charge in [0.25, 0.3) is 5.91 Å². The number of rotatable bonds is 8. The van der Waals surface area contributed by atoms with Crippen molar-refractivity contribution in [2.45, 2.75) is 45.7 Å². The van der Waals surface area contributed by atoms with E-state index in [0.717, 1.165) is 37.5 Å². The average molecular weight is 411 g/mol. The number of methoxy groups -OCH3 is 2.